The first-order chi connectivity index (χ1) is 12.5. The number of carbonyl (C=O) groups excluding carboxylic acids is 1. The highest BCUT2D eigenvalue weighted by Gasteiger charge is 2.29. The largest absolute Gasteiger partial charge is 0.503 e. The van der Waals surface area contributed by atoms with E-state index in [1.807, 2.05) is 24.3 Å². The average molecular weight is 368 g/mol. The van der Waals surface area contributed by atoms with Crippen LogP contribution in [0.1, 0.15) is 17.3 Å². The zero-order valence-electron chi connectivity index (χ0n) is 13.6. The molecule has 0 aliphatic heterocycles. The molecule has 0 amide bonds. The van der Waals surface area contributed by atoms with Crippen molar-refractivity contribution in [2.24, 2.45) is 0 Å². The van der Waals surface area contributed by atoms with Crippen molar-refractivity contribution in [1.82, 2.24) is 9.55 Å². The Kier molecular flexibility index (Phi) is 3.73. The van der Waals surface area contributed by atoms with E-state index in [1.165, 1.54) is 41.0 Å². The third-order valence-electron chi connectivity index (χ3n) is 4.08. The second-order valence-electron chi connectivity index (χ2n) is 5.73. The van der Waals surface area contributed by atoms with E-state index in [-0.39, 0.29) is 16.8 Å². The summed E-state index contributed by atoms with van der Waals surface area (Å²) in [6, 6.07) is 13.2. The van der Waals surface area contributed by atoms with Crippen molar-refractivity contribution in [3.8, 4) is 28.0 Å². The number of fused-ring (bicyclic) bond motifs is 1. The molecule has 0 radical (unpaired) electrons. The Hall–Kier alpha value is -3.19. The van der Waals surface area contributed by atoms with Crippen LogP contribution in [0.4, 0.5) is 4.39 Å². The maximum Gasteiger partial charge on any atom is 0.242 e. The van der Waals surface area contributed by atoms with Gasteiger partial charge in [-0.3, -0.25) is 9.36 Å². The van der Waals surface area contributed by atoms with Crippen LogP contribution in [0.2, 0.25) is 0 Å². The molecule has 2 aromatic carbocycles. The van der Waals surface area contributed by atoms with Gasteiger partial charge in [-0.25, -0.2) is 9.37 Å². The number of aromatic nitrogens is 2. The number of rotatable bonds is 3. The minimum atomic E-state index is -0.588. The van der Waals surface area contributed by atoms with Gasteiger partial charge in [0.25, 0.3) is 0 Å². The van der Waals surface area contributed by atoms with E-state index in [1.54, 1.807) is 6.07 Å². The lowest BCUT2D eigenvalue weighted by Crippen LogP contribution is -2.01. The number of hydrogen-bond donors (Lipinski definition) is 2. The number of benzene rings is 2. The monoisotopic (exact) mass is 368 g/mol. The first kappa shape index (κ1) is 16.3. The summed E-state index contributed by atoms with van der Waals surface area (Å²) >= 11 is 1.26. The summed E-state index contributed by atoms with van der Waals surface area (Å²) in [5.74, 6) is -2.20. The Balaban J connectivity index is 2.10. The first-order valence-corrected chi connectivity index (χ1v) is 8.59. The highest BCUT2D eigenvalue weighted by Crippen LogP contribution is 2.44. The zero-order valence-corrected chi connectivity index (χ0v) is 14.4. The number of carbonyl (C=O) groups is 1. The highest BCUT2D eigenvalue weighted by atomic mass is 32.1. The number of Topliss-reactive ketones (excluding diaryl/α,β-unsaturated/α-hetero) is 1. The summed E-state index contributed by atoms with van der Waals surface area (Å²) in [5.41, 5.74) is 0.716. The standard InChI is InChI=1S/C19H13FN2O3S/c1-10(23)15-16(11-6-2-3-7-12(11)20)22(18(25)17(15)24)19-21-13-8-4-5-9-14(13)26-19/h2-9,24-25H,1H3. The molecule has 2 heterocycles. The lowest BCUT2D eigenvalue weighted by atomic mass is 10.0. The molecule has 0 bridgehead atoms. The van der Waals surface area contributed by atoms with Gasteiger partial charge in [-0.1, -0.05) is 35.6 Å². The average Bonchev–Trinajstić information content (AvgIpc) is 3.14. The molecule has 2 N–H and O–H groups in total. The second-order valence-corrected chi connectivity index (χ2v) is 6.74. The minimum Gasteiger partial charge on any atom is -0.503 e. The van der Waals surface area contributed by atoms with Gasteiger partial charge in [-0.15, -0.1) is 0 Å². The number of ketones is 1. The molecule has 130 valence electrons. The number of para-hydroxylation sites is 1. The van der Waals surface area contributed by atoms with Gasteiger partial charge in [-0.05, 0) is 31.2 Å². The van der Waals surface area contributed by atoms with Crippen molar-refractivity contribution < 1.29 is 19.4 Å². The summed E-state index contributed by atoms with van der Waals surface area (Å²) in [5, 5.41) is 21.1. The Bertz CT molecular complexity index is 1130. The fraction of sp³-hybridized carbons (Fsp3) is 0.0526. The first-order valence-electron chi connectivity index (χ1n) is 7.77. The van der Waals surface area contributed by atoms with Gasteiger partial charge in [0, 0.05) is 5.56 Å². The van der Waals surface area contributed by atoms with Crippen LogP contribution in [-0.4, -0.2) is 25.5 Å². The van der Waals surface area contributed by atoms with Crippen LogP contribution in [0.15, 0.2) is 48.5 Å². The van der Waals surface area contributed by atoms with E-state index in [9.17, 15) is 19.4 Å². The molecule has 5 nitrogen and oxygen atoms in total. The molecule has 0 saturated heterocycles. The normalized spacial score (nSPS) is 11.2. The van der Waals surface area contributed by atoms with Crippen molar-refractivity contribution in [2.45, 2.75) is 6.92 Å². The molecule has 4 rings (SSSR count). The zero-order chi connectivity index (χ0) is 18.4. The SMILES string of the molecule is CC(=O)c1c(O)c(O)n(-c2nc3ccccc3s2)c1-c1ccccc1F. The maximum atomic E-state index is 14.5. The summed E-state index contributed by atoms with van der Waals surface area (Å²) < 4.78 is 16.5. The van der Waals surface area contributed by atoms with Crippen LogP contribution < -0.4 is 0 Å². The minimum absolute atomic E-state index is 0.0738. The predicted molar refractivity (Wildman–Crippen MR) is 97.7 cm³/mol. The third-order valence-corrected chi connectivity index (χ3v) is 5.10. The Morgan fingerprint density at radius 1 is 1.12 bits per heavy atom. The van der Waals surface area contributed by atoms with Crippen molar-refractivity contribution in [3.63, 3.8) is 0 Å². The molecule has 0 unspecified atom stereocenters. The highest BCUT2D eigenvalue weighted by molar-refractivity contribution is 7.20. The van der Waals surface area contributed by atoms with E-state index in [0.29, 0.717) is 10.6 Å². The fourth-order valence-corrected chi connectivity index (χ4v) is 3.91. The Labute approximate surface area is 151 Å². The molecular formula is C19H13FN2O3S. The molecule has 4 aromatic rings. The van der Waals surface area contributed by atoms with Crippen LogP contribution in [0.25, 0.3) is 26.6 Å². The van der Waals surface area contributed by atoms with Crippen molar-refractivity contribution in [3.05, 3.63) is 59.9 Å². The van der Waals surface area contributed by atoms with Gasteiger partial charge >= 0.3 is 0 Å². The smallest absolute Gasteiger partial charge is 0.242 e. The summed E-state index contributed by atoms with van der Waals surface area (Å²) in [4.78, 5) is 16.6. The van der Waals surface area contributed by atoms with Crippen LogP contribution in [0.5, 0.6) is 11.6 Å². The fourth-order valence-electron chi connectivity index (χ4n) is 2.93. The number of hydrogen-bond acceptors (Lipinski definition) is 5. The molecule has 0 aliphatic rings. The van der Waals surface area contributed by atoms with E-state index >= 15 is 0 Å². The van der Waals surface area contributed by atoms with E-state index in [2.05, 4.69) is 4.98 Å². The Morgan fingerprint density at radius 2 is 1.81 bits per heavy atom. The topological polar surface area (TPSA) is 75.3 Å². The van der Waals surface area contributed by atoms with Gasteiger partial charge in [0.15, 0.2) is 16.7 Å². The van der Waals surface area contributed by atoms with E-state index < -0.39 is 23.2 Å². The van der Waals surface area contributed by atoms with Crippen LogP contribution in [0, 0.1) is 5.82 Å². The van der Waals surface area contributed by atoms with Crippen molar-refractivity contribution >= 4 is 27.3 Å². The molecule has 0 fully saturated rings. The van der Waals surface area contributed by atoms with Gasteiger partial charge in [0.1, 0.15) is 5.82 Å². The lowest BCUT2D eigenvalue weighted by molar-refractivity contribution is 0.101. The van der Waals surface area contributed by atoms with Gasteiger partial charge in [-0.2, -0.15) is 0 Å². The number of halogens is 1. The van der Waals surface area contributed by atoms with Gasteiger partial charge in [0.2, 0.25) is 5.88 Å². The molecule has 0 atom stereocenters. The van der Waals surface area contributed by atoms with Gasteiger partial charge < -0.3 is 10.2 Å². The molecule has 7 heteroatoms. The number of thiazole rings is 1. The quantitative estimate of drug-likeness (QED) is 0.522. The van der Waals surface area contributed by atoms with Crippen molar-refractivity contribution in [2.75, 3.05) is 0 Å². The third kappa shape index (κ3) is 2.36. The molecule has 26 heavy (non-hydrogen) atoms. The summed E-state index contributed by atoms with van der Waals surface area (Å²) in [7, 11) is 0. The van der Waals surface area contributed by atoms with E-state index in [0.717, 1.165) is 4.70 Å². The predicted octanol–water partition coefficient (Wildman–Crippen LogP) is 4.51. The molecule has 0 aliphatic carbocycles. The van der Waals surface area contributed by atoms with E-state index in [4.69, 9.17) is 0 Å². The number of aromatic hydroxyl groups is 2. The summed E-state index contributed by atoms with van der Waals surface area (Å²) in [6.45, 7) is 1.25. The molecular weight excluding hydrogens is 355 g/mol. The van der Waals surface area contributed by atoms with Crippen LogP contribution in [0.3, 0.4) is 0 Å². The van der Waals surface area contributed by atoms with Gasteiger partial charge in [0.05, 0.1) is 21.5 Å². The van der Waals surface area contributed by atoms with Crippen LogP contribution in [-0.2, 0) is 0 Å². The Morgan fingerprint density at radius 3 is 2.50 bits per heavy atom. The van der Waals surface area contributed by atoms with Crippen molar-refractivity contribution in [1.29, 1.82) is 0 Å². The number of nitrogens with zero attached hydrogens (tertiary/aromatic N) is 2. The lowest BCUT2D eigenvalue weighted by Gasteiger charge is -2.09. The second kappa shape index (κ2) is 5.96. The summed E-state index contributed by atoms with van der Waals surface area (Å²) in [6.07, 6.45) is 0. The molecule has 2 aromatic heterocycles. The molecule has 0 saturated carbocycles. The van der Waals surface area contributed by atoms with Crippen LogP contribution >= 0.6 is 11.3 Å². The molecule has 0 spiro atoms. The maximum absolute atomic E-state index is 14.5.